The summed E-state index contributed by atoms with van der Waals surface area (Å²) in [7, 11) is 0. The number of nitrogens with two attached hydrogens (primary N) is 1. The van der Waals surface area contributed by atoms with E-state index in [4.69, 9.17) is 5.73 Å². The van der Waals surface area contributed by atoms with Crippen LogP contribution >= 0.6 is 15.9 Å². The van der Waals surface area contributed by atoms with E-state index in [2.05, 4.69) is 26.1 Å². The molecule has 3 N–H and O–H groups in total. The lowest BCUT2D eigenvalue weighted by Gasteiger charge is -2.02. The van der Waals surface area contributed by atoms with Crippen molar-refractivity contribution in [3.8, 4) is 11.3 Å². The second-order valence-electron chi connectivity index (χ2n) is 2.96. The first-order valence-electron chi connectivity index (χ1n) is 4.03. The molecule has 15 heavy (non-hydrogen) atoms. The van der Waals surface area contributed by atoms with Crippen LogP contribution < -0.4 is 5.73 Å². The number of H-pyrrole nitrogens is 1. The van der Waals surface area contributed by atoms with Gasteiger partial charge in [-0.2, -0.15) is 5.10 Å². The molecule has 0 aliphatic heterocycles. The number of benzene rings is 1. The maximum absolute atomic E-state index is 13.2. The fourth-order valence-corrected chi connectivity index (χ4v) is 1.67. The van der Waals surface area contributed by atoms with E-state index in [9.17, 15) is 8.78 Å². The molecule has 0 saturated carbocycles. The third-order valence-corrected chi connectivity index (χ3v) is 2.69. The molecule has 1 aromatic heterocycles. The van der Waals surface area contributed by atoms with Crippen LogP contribution in [-0.2, 0) is 0 Å². The number of halogens is 3. The van der Waals surface area contributed by atoms with E-state index in [0.29, 0.717) is 11.3 Å². The van der Waals surface area contributed by atoms with Crippen LogP contribution in [0.4, 0.5) is 14.6 Å². The highest BCUT2D eigenvalue weighted by molar-refractivity contribution is 9.10. The molecule has 2 aromatic rings. The van der Waals surface area contributed by atoms with Crippen molar-refractivity contribution >= 4 is 21.7 Å². The average molecular weight is 274 g/mol. The molecular formula is C9H6BrF2N3. The van der Waals surface area contributed by atoms with Gasteiger partial charge in [0.2, 0.25) is 0 Å². The van der Waals surface area contributed by atoms with Gasteiger partial charge in [-0.1, -0.05) is 0 Å². The molecule has 0 saturated heterocycles. The SMILES string of the molecule is Nc1cc(-c2cc(F)cc(F)c2Br)[nH]n1. The molecule has 78 valence electrons. The summed E-state index contributed by atoms with van der Waals surface area (Å²) in [4.78, 5) is 0. The standard InChI is InChI=1S/C9H6BrF2N3/c10-9-5(1-4(11)2-6(9)12)7-3-8(13)15-14-7/h1-3H,(H3,13,14,15). The van der Waals surface area contributed by atoms with Gasteiger partial charge in [0.25, 0.3) is 0 Å². The summed E-state index contributed by atoms with van der Waals surface area (Å²) in [5.41, 5.74) is 6.20. The molecule has 0 unspecified atom stereocenters. The second-order valence-corrected chi connectivity index (χ2v) is 3.75. The van der Waals surface area contributed by atoms with Crippen LogP contribution in [0.25, 0.3) is 11.3 Å². The summed E-state index contributed by atoms with van der Waals surface area (Å²) in [6.07, 6.45) is 0. The Balaban J connectivity index is 2.62. The lowest BCUT2D eigenvalue weighted by Crippen LogP contribution is -1.87. The number of nitrogen functional groups attached to an aromatic ring is 1. The highest BCUT2D eigenvalue weighted by Crippen LogP contribution is 2.30. The summed E-state index contributed by atoms with van der Waals surface area (Å²) in [5.74, 6) is -1.06. The van der Waals surface area contributed by atoms with Crippen LogP contribution in [0.15, 0.2) is 22.7 Å². The molecule has 3 nitrogen and oxygen atoms in total. The first kappa shape index (κ1) is 10.1. The Morgan fingerprint density at radius 3 is 2.60 bits per heavy atom. The minimum absolute atomic E-state index is 0.174. The minimum atomic E-state index is -0.668. The normalized spacial score (nSPS) is 10.6. The third-order valence-electron chi connectivity index (χ3n) is 1.88. The van der Waals surface area contributed by atoms with Gasteiger partial charge in [0.05, 0.1) is 10.2 Å². The zero-order valence-electron chi connectivity index (χ0n) is 7.39. The molecule has 0 bridgehead atoms. The van der Waals surface area contributed by atoms with Crippen molar-refractivity contribution in [3.63, 3.8) is 0 Å². The van der Waals surface area contributed by atoms with Gasteiger partial charge in [-0.3, -0.25) is 5.10 Å². The van der Waals surface area contributed by atoms with Gasteiger partial charge < -0.3 is 5.73 Å². The van der Waals surface area contributed by atoms with Gasteiger partial charge >= 0.3 is 0 Å². The number of hydrogen-bond donors (Lipinski definition) is 2. The molecular weight excluding hydrogens is 268 g/mol. The average Bonchev–Trinajstić information content (AvgIpc) is 2.58. The molecule has 2 rings (SSSR count). The first-order valence-corrected chi connectivity index (χ1v) is 4.83. The van der Waals surface area contributed by atoms with Crippen LogP contribution in [0.2, 0.25) is 0 Å². The van der Waals surface area contributed by atoms with Crippen LogP contribution in [-0.4, -0.2) is 10.2 Å². The molecule has 6 heteroatoms. The summed E-state index contributed by atoms with van der Waals surface area (Å²) < 4.78 is 26.3. The lowest BCUT2D eigenvalue weighted by atomic mass is 10.1. The predicted octanol–water partition coefficient (Wildman–Crippen LogP) is 2.70. The summed E-state index contributed by atoms with van der Waals surface area (Å²) in [5, 5.41) is 6.26. The first-order chi connectivity index (χ1) is 7.08. The van der Waals surface area contributed by atoms with Crippen molar-refractivity contribution in [1.29, 1.82) is 0 Å². The largest absolute Gasteiger partial charge is 0.382 e. The minimum Gasteiger partial charge on any atom is -0.382 e. The number of rotatable bonds is 1. The number of nitrogens with one attached hydrogen (secondary N) is 1. The molecule has 0 radical (unpaired) electrons. The van der Waals surface area contributed by atoms with Crippen molar-refractivity contribution < 1.29 is 8.78 Å². The van der Waals surface area contributed by atoms with Gasteiger partial charge in [0, 0.05) is 17.7 Å². The maximum Gasteiger partial charge on any atom is 0.145 e. The highest BCUT2D eigenvalue weighted by atomic mass is 79.9. The monoisotopic (exact) mass is 273 g/mol. The zero-order chi connectivity index (χ0) is 11.0. The van der Waals surface area contributed by atoms with E-state index in [-0.39, 0.29) is 10.3 Å². The molecule has 0 aliphatic rings. The van der Waals surface area contributed by atoms with Crippen molar-refractivity contribution in [2.24, 2.45) is 0 Å². The van der Waals surface area contributed by atoms with E-state index in [1.54, 1.807) is 0 Å². The lowest BCUT2D eigenvalue weighted by molar-refractivity contribution is 0.580. The van der Waals surface area contributed by atoms with Gasteiger partial charge in [-0.15, -0.1) is 0 Å². The van der Waals surface area contributed by atoms with Gasteiger partial charge in [-0.25, -0.2) is 8.78 Å². The summed E-state index contributed by atoms with van der Waals surface area (Å²) >= 11 is 3.03. The predicted molar refractivity (Wildman–Crippen MR) is 56.1 cm³/mol. The van der Waals surface area contributed by atoms with Crippen LogP contribution in [0, 0.1) is 11.6 Å². The molecule has 0 aliphatic carbocycles. The van der Waals surface area contributed by atoms with Gasteiger partial charge in [0.1, 0.15) is 17.5 Å². The number of aromatic nitrogens is 2. The van der Waals surface area contributed by atoms with Crippen molar-refractivity contribution in [2.45, 2.75) is 0 Å². The molecule has 0 amide bonds. The Kier molecular flexibility index (Phi) is 2.44. The van der Waals surface area contributed by atoms with Crippen LogP contribution in [0.3, 0.4) is 0 Å². The van der Waals surface area contributed by atoms with E-state index >= 15 is 0 Å². The molecule has 1 aromatic carbocycles. The maximum atomic E-state index is 13.2. The Bertz CT molecular complexity index is 510. The Labute approximate surface area is 92.4 Å². The van der Waals surface area contributed by atoms with Crippen molar-refractivity contribution in [3.05, 3.63) is 34.3 Å². The zero-order valence-corrected chi connectivity index (χ0v) is 8.98. The van der Waals surface area contributed by atoms with E-state index in [1.165, 1.54) is 12.1 Å². The number of hydrogen-bond acceptors (Lipinski definition) is 2. The molecule has 0 fully saturated rings. The summed E-state index contributed by atoms with van der Waals surface area (Å²) in [6, 6.07) is 3.49. The number of anilines is 1. The highest BCUT2D eigenvalue weighted by Gasteiger charge is 2.12. The second kappa shape index (κ2) is 3.62. The fourth-order valence-electron chi connectivity index (χ4n) is 1.23. The van der Waals surface area contributed by atoms with Crippen LogP contribution in [0.5, 0.6) is 0 Å². The number of aromatic amines is 1. The third kappa shape index (κ3) is 1.85. The smallest absolute Gasteiger partial charge is 0.145 e. The topological polar surface area (TPSA) is 54.7 Å². The van der Waals surface area contributed by atoms with Gasteiger partial charge in [-0.05, 0) is 22.0 Å². The molecule has 1 heterocycles. The van der Waals surface area contributed by atoms with E-state index in [1.807, 2.05) is 0 Å². The van der Waals surface area contributed by atoms with E-state index in [0.717, 1.165) is 6.07 Å². The van der Waals surface area contributed by atoms with E-state index < -0.39 is 11.6 Å². The van der Waals surface area contributed by atoms with Gasteiger partial charge in [0.15, 0.2) is 0 Å². The molecule has 0 spiro atoms. The Morgan fingerprint density at radius 1 is 1.27 bits per heavy atom. The van der Waals surface area contributed by atoms with Crippen molar-refractivity contribution in [1.82, 2.24) is 10.2 Å². The quantitative estimate of drug-likeness (QED) is 0.785. The Morgan fingerprint density at radius 2 is 2.00 bits per heavy atom. The van der Waals surface area contributed by atoms with Crippen molar-refractivity contribution in [2.75, 3.05) is 5.73 Å². The molecule has 0 atom stereocenters. The number of nitrogens with zero attached hydrogens (tertiary/aromatic N) is 1. The Hall–Kier alpha value is -1.43. The van der Waals surface area contributed by atoms with Crippen LogP contribution in [0.1, 0.15) is 0 Å². The fraction of sp³-hybridized carbons (Fsp3) is 0. The summed E-state index contributed by atoms with van der Waals surface area (Å²) in [6.45, 7) is 0.